The molecule has 1 aromatic heterocycles. The topological polar surface area (TPSA) is 65.5 Å². The number of hydrogen-bond acceptors (Lipinski definition) is 4. The molecular formula is C21H23FN4O2. The molecule has 1 fully saturated rings. The smallest absolute Gasteiger partial charge is 0.272 e. The first-order valence-corrected chi connectivity index (χ1v) is 9.61. The minimum atomic E-state index is -0.382. The summed E-state index contributed by atoms with van der Waals surface area (Å²) in [4.78, 5) is 33.3. The summed E-state index contributed by atoms with van der Waals surface area (Å²) in [5.74, 6) is -0.696. The minimum absolute atomic E-state index is 0.109. The monoisotopic (exact) mass is 382 g/mol. The largest absolute Gasteiger partial charge is 0.384 e. The van der Waals surface area contributed by atoms with E-state index in [9.17, 15) is 14.0 Å². The van der Waals surface area contributed by atoms with Crippen molar-refractivity contribution in [3.05, 3.63) is 58.7 Å². The second-order valence-corrected chi connectivity index (χ2v) is 7.27. The maximum Gasteiger partial charge on any atom is 0.272 e. The van der Waals surface area contributed by atoms with Gasteiger partial charge in [0.25, 0.3) is 11.8 Å². The Kier molecular flexibility index (Phi) is 4.98. The number of anilines is 1. The van der Waals surface area contributed by atoms with E-state index >= 15 is 0 Å². The summed E-state index contributed by atoms with van der Waals surface area (Å²) in [6, 6.07) is 8.20. The van der Waals surface area contributed by atoms with Crippen LogP contribution in [0.4, 0.5) is 10.1 Å². The summed E-state index contributed by atoms with van der Waals surface area (Å²) in [7, 11) is 0. The molecule has 4 rings (SSSR count). The lowest BCUT2D eigenvalue weighted by Crippen LogP contribution is -2.50. The van der Waals surface area contributed by atoms with Crippen molar-refractivity contribution >= 4 is 17.5 Å². The molecule has 2 amide bonds. The van der Waals surface area contributed by atoms with E-state index in [1.54, 1.807) is 34.9 Å². The van der Waals surface area contributed by atoms with E-state index in [0.717, 1.165) is 30.8 Å². The van der Waals surface area contributed by atoms with Gasteiger partial charge in [-0.25, -0.2) is 9.37 Å². The van der Waals surface area contributed by atoms with Gasteiger partial charge < -0.3 is 15.1 Å². The number of nitrogens with zero attached hydrogens (tertiary/aromatic N) is 3. The van der Waals surface area contributed by atoms with E-state index < -0.39 is 0 Å². The Morgan fingerprint density at radius 3 is 2.46 bits per heavy atom. The number of piperazine rings is 1. The van der Waals surface area contributed by atoms with E-state index in [0.29, 0.717) is 43.0 Å². The van der Waals surface area contributed by atoms with Crippen LogP contribution in [-0.2, 0) is 6.42 Å². The predicted octanol–water partition coefficient (Wildman–Crippen LogP) is 2.49. The number of nitrogens with one attached hydrogen (secondary N) is 1. The number of halogens is 1. The fourth-order valence-corrected chi connectivity index (χ4v) is 3.63. The molecule has 1 aromatic carbocycles. The van der Waals surface area contributed by atoms with Crippen LogP contribution < -0.4 is 5.32 Å². The lowest BCUT2D eigenvalue weighted by molar-refractivity contribution is 0.0532. The zero-order valence-electron chi connectivity index (χ0n) is 15.9. The molecule has 0 spiro atoms. The highest BCUT2D eigenvalue weighted by atomic mass is 19.1. The molecule has 1 N–H and O–H groups in total. The van der Waals surface area contributed by atoms with Crippen molar-refractivity contribution in [3.8, 4) is 0 Å². The Morgan fingerprint density at radius 1 is 1.04 bits per heavy atom. The summed E-state index contributed by atoms with van der Waals surface area (Å²) >= 11 is 0. The molecule has 7 heteroatoms. The Hall–Kier alpha value is -2.96. The van der Waals surface area contributed by atoms with Crippen LogP contribution in [0.25, 0.3) is 0 Å². The van der Waals surface area contributed by atoms with Gasteiger partial charge in [0, 0.05) is 38.3 Å². The van der Waals surface area contributed by atoms with E-state index in [2.05, 4.69) is 10.3 Å². The minimum Gasteiger partial charge on any atom is -0.384 e. The second kappa shape index (κ2) is 7.58. The lowest BCUT2D eigenvalue weighted by atomic mass is 10.1. The zero-order chi connectivity index (χ0) is 19.7. The van der Waals surface area contributed by atoms with E-state index in [1.807, 2.05) is 6.07 Å². The van der Waals surface area contributed by atoms with Crippen molar-refractivity contribution in [1.29, 1.82) is 0 Å². The Morgan fingerprint density at radius 2 is 1.75 bits per heavy atom. The SMILES string of the molecule is Cc1ccc(C(=O)N2CCN(C(=O)c3ccc4c(n3)CCCN4)CC2)cc1F. The number of rotatable bonds is 2. The van der Waals surface area contributed by atoms with Gasteiger partial charge in [0.1, 0.15) is 11.5 Å². The van der Waals surface area contributed by atoms with Crippen LogP contribution in [-0.4, -0.2) is 59.3 Å². The van der Waals surface area contributed by atoms with Crippen LogP contribution >= 0.6 is 0 Å². The number of hydrogen-bond donors (Lipinski definition) is 1. The van der Waals surface area contributed by atoms with Gasteiger partial charge in [0.15, 0.2) is 0 Å². The van der Waals surface area contributed by atoms with Gasteiger partial charge in [-0.3, -0.25) is 9.59 Å². The van der Waals surface area contributed by atoms with Crippen molar-refractivity contribution in [3.63, 3.8) is 0 Å². The predicted molar refractivity (Wildman–Crippen MR) is 104 cm³/mol. The molecule has 146 valence electrons. The van der Waals surface area contributed by atoms with Gasteiger partial charge in [-0.1, -0.05) is 6.07 Å². The van der Waals surface area contributed by atoms with Crippen LogP contribution in [0.3, 0.4) is 0 Å². The molecule has 0 aliphatic carbocycles. The molecule has 2 aromatic rings. The molecule has 28 heavy (non-hydrogen) atoms. The van der Waals surface area contributed by atoms with E-state index in [4.69, 9.17) is 0 Å². The summed E-state index contributed by atoms with van der Waals surface area (Å²) in [5.41, 5.74) is 3.24. The van der Waals surface area contributed by atoms with Gasteiger partial charge in [0.05, 0.1) is 11.4 Å². The van der Waals surface area contributed by atoms with Crippen molar-refractivity contribution < 1.29 is 14.0 Å². The number of pyridine rings is 1. The van der Waals surface area contributed by atoms with Crippen LogP contribution in [0.2, 0.25) is 0 Å². The normalized spacial score (nSPS) is 16.4. The third-order valence-corrected chi connectivity index (χ3v) is 5.37. The van der Waals surface area contributed by atoms with Crippen LogP contribution in [0, 0.1) is 12.7 Å². The van der Waals surface area contributed by atoms with Gasteiger partial charge >= 0.3 is 0 Å². The standard InChI is InChI=1S/C21H23FN4O2/c1-14-4-5-15(13-16(14)22)20(27)25-9-11-26(12-10-25)21(28)19-7-6-17-18(24-19)3-2-8-23-17/h4-7,13,23H,2-3,8-12H2,1H3. The van der Waals surface area contributed by atoms with Crippen molar-refractivity contribution in [1.82, 2.24) is 14.8 Å². The molecule has 0 saturated carbocycles. The van der Waals surface area contributed by atoms with Crippen LogP contribution in [0.5, 0.6) is 0 Å². The van der Waals surface area contributed by atoms with Gasteiger partial charge in [-0.15, -0.1) is 0 Å². The zero-order valence-corrected chi connectivity index (χ0v) is 15.9. The molecule has 0 radical (unpaired) electrons. The lowest BCUT2D eigenvalue weighted by Gasteiger charge is -2.34. The van der Waals surface area contributed by atoms with Crippen LogP contribution in [0.15, 0.2) is 30.3 Å². The molecule has 0 atom stereocenters. The summed E-state index contributed by atoms with van der Waals surface area (Å²) in [6.07, 6.45) is 1.89. The number of aromatic nitrogens is 1. The first-order chi connectivity index (χ1) is 13.5. The molecule has 3 heterocycles. The average molecular weight is 382 g/mol. The fraction of sp³-hybridized carbons (Fsp3) is 0.381. The van der Waals surface area contributed by atoms with Gasteiger partial charge in [-0.05, 0) is 49.6 Å². The molecule has 6 nitrogen and oxygen atoms in total. The maximum atomic E-state index is 13.7. The highest BCUT2D eigenvalue weighted by Gasteiger charge is 2.27. The number of aryl methyl sites for hydroxylation is 2. The van der Waals surface area contributed by atoms with Gasteiger partial charge in [-0.2, -0.15) is 0 Å². The van der Waals surface area contributed by atoms with Crippen molar-refractivity contribution in [2.45, 2.75) is 19.8 Å². The molecule has 0 bridgehead atoms. The molecule has 2 aliphatic heterocycles. The van der Waals surface area contributed by atoms with Crippen molar-refractivity contribution in [2.75, 3.05) is 38.0 Å². The van der Waals surface area contributed by atoms with Gasteiger partial charge in [0.2, 0.25) is 0 Å². The average Bonchev–Trinajstić information content (AvgIpc) is 2.74. The maximum absolute atomic E-state index is 13.7. The number of carbonyl (C=O) groups excluding carboxylic acids is 2. The van der Waals surface area contributed by atoms with Crippen LogP contribution in [0.1, 0.15) is 38.5 Å². The molecule has 0 unspecified atom stereocenters. The summed E-state index contributed by atoms with van der Waals surface area (Å²) in [5, 5.41) is 3.29. The third kappa shape index (κ3) is 3.56. The Balaban J connectivity index is 1.40. The highest BCUT2D eigenvalue weighted by molar-refractivity contribution is 5.95. The molecular weight excluding hydrogens is 359 g/mol. The summed E-state index contributed by atoms with van der Waals surface area (Å²) < 4.78 is 13.7. The third-order valence-electron chi connectivity index (χ3n) is 5.37. The second-order valence-electron chi connectivity index (χ2n) is 7.27. The Bertz CT molecular complexity index is 923. The highest BCUT2D eigenvalue weighted by Crippen LogP contribution is 2.21. The first kappa shape index (κ1) is 18.4. The first-order valence-electron chi connectivity index (χ1n) is 9.61. The quantitative estimate of drug-likeness (QED) is 0.867. The van der Waals surface area contributed by atoms with E-state index in [1.165, 1.54) is 6.07 Å². The number of amides is 2. The van der Waals surface area contributed by atoms with E-state index in [-0.39, 0.29) is 17.6 Å². The van der Waals surface area contributed by atoms with Crippen molar-refractivity contribution in [2.24, 2.45) is 0 Å². The molecule has 2 aliphatic rings. The number of benzene rings is 1. The Labute approximate surface area is 163 Å². The number of fused-ring (bicyclic) bond motifs is 1. The summed E-state index contributed by atoms with van der Waals surface area (Å²) in [6.45, 7) is 4.33. The molecule has 1 saturated heterocycles. The number of carbonyl (C=O) groups is 2. The fourth-order valence-electron chi connectivity index (χ4n) is 3.63.